The Morgan fingerprint density at radius 1 is 1.00 bits per heavy atom. The molecule has 0 spiro atoms. The molecular formula is C12H5F6NO. The van der Waals surface area contributed by atoms with Gasteiger partial charge in [0, 0.05) is 11.6 Å². The number of nitrogens with zero attached hydrogens (tertiary/aromatic N) is 1. The quantitative estimate of drug-likeness (QED) is 0.473. The Kier molecular flexibility index (Phi) is 4.23. The number of benzene rings is 1. The van der Waals surface area contributed by atoms with Crippen LogP contribution in [0, 0.1) is 11.3 Å². The number of carbonyl (C=O) groups is 1. The van der Waals surface area contributed by atoms with Crippen LogP contribution in [0.3, 0.4) is 0 Å². The predicted molar refractivity (Wildman–Crippen MR) is 55.7 cm³/mol. The van der Waals surface area contributed by atoms with Crippen molar-refractivity contribution in [3.05, 3.63) is 47.0 Å². The highest BCUT2D eigenvalue weighted by Gasteiger charge is 2.51. The normalized spacial score (nSPS) is 11.7. The highest BCUT2D eigenvalue weighted by Crippen LogP contribution is 2.38. The van der Waals surface area contributed by atoms with Crippen LogP contribution in [0.25, 0.3) is 0 Å². The number of hydrogen-bond acceptors (Lipinski definition) is 2. The minimum atomic E-state index is -5.68. The second-order valence-corrected chi connectivity index (χ2v) is 3.61. The van der Waals surface area contributed by atoms with Crippen LogP contribution >= 0.6 is 0 Å². The van der Waals surface area contributed by atoms with Gasteiger partial charge in [-0.15, -0.1) is 0 Å². The monoisotopic (exact) mass is 293 g/mol. The highest BCUT2D eigenvalue weighted by atomic mass is 19.4. The molecule has 0 aliphatic heterocycles. The summed E-state index contributed by atoms with van der Waals surface area (Å²) in [5, 5.41) is 8.48. The van der Waals surface area contributed by atoms with Gasteiger partial charge >= 0.3 is 12.4 Å². The van der Waals surface area contributed by atoms with E-state index in [9.17, 15) is 31.1 Å². The van der Waals surface area contributed by atoms with Crippen LogP contribution < -0.4 is 0 Å². The molecule has 0 aliphatic carbocycles. The van der Waals surface area contributed by atoms with Crippen molar-refractivity contribution in [1.29, 1.82) is 5.26 Å². The molecule has 106 valence electrons. The first-order valence-corrected chi connectivity index (χ1v) is 4.96. The van der Waals surface area contributed by atoms with Gasteiger partial charge in [-0.1, -0.05) is 0 Å². The van der Waals surface area contributed by atoms with Gasteiger partial charge in [-0.25, -0.2) is 0 Å². The van der Waals surface area contributed by atoms with Crippen molar-refractivity contribution in [2.45, 2.75) is 12.4 Å². The molecule has 1 aromatic carbocycles. The number of carbonyl (C=O) groups excluding carboxylic acids is 1. The molecule has 0 saturated heterocycles. The molecule has 8 heteroatoms. The molecule has 0 radical (unpaired) electrons. The molecule has 0 aromatic heterocycles. The fourth-order valence-electron chi connectivity index (χ4n) is 1.25. The van der Waals surface area contributed by atoms with Gasteiger partial charge in [0.05, 0.1) is 11.6 Å². The lowest BCUT2D eigenvalue weighted by molar-refractivity contribution is -0.171. The third kappa shape index (κ3) is 3.85. The van der Waals surface area contributed by atoms with Crippen LogP contribution in [-0.4, -0.2) is 18.1 Å². The second kappa shape index (κ2) is 5.36. The first kappa shape index (κ1) is 15.8. The Hall–Kier alpha value is -2.30. The maximum atomic E-state index is 12.2. The molecular weight excluding hydrogens is 288 g/mol. The number of allylic oxidation sites excluding steroid dienone is 2. The SMILES string of the molecule is N#Cc1ccc(C(=O)C=C(C(F)(F)F)C(F)(F)F)cc1. The van der Waals surface area contributed by atoms with Crippen molar-refractivity contribution < 1.29 is 31.1 Å². The zero-order valence-corrected chi connectivity index (χ0v) is 9.51. The highest BCUT2D eigenvalue weighted by molar-refractivity contribution is 6.05. The molecule has 0 atom stereocenters. The summed E-state index contributed by atoms with van der Waals surface area (Å²) in [6, 6.07) is 5.87. The molecule has 0 saturated carbocycles. The molecule has 0 amide bonds. The molecule has 0 unspecified atom stereocenters. The molecule has 0 heterocycles. The number of nitriles is 1. The summed E-state index contributed by atoms with van der Waals surface area (Å²) in [6.45, 7) is 0. The number of hydrogen-bond donors (Lipinski definition) is 0. The Labute approximate surface area is 108 Å². The lowest BCUT2D eigenvalue weighted by Gasteiger charge is -2.14. The van der Waals surface area contributed by atoms with Gasteiger partial charge in [-0.2, -0.15) is 31.6 Å². The zero-order chi connectivity index (χ0) is 15.6. The van der Waals surface area contributed by atoms with Crippen molar-refractivity contribution >= 4 is 5.78 Å². The summed E-state index contributed by atoms with van der Waals surface area (Å²) >= 11 is 0. The van der Waals surface area contributed by atoms with Crippen molar-refractivity contribution in [2.75, 3.05) is 0 Å². The van der Waals surface area contributed by atoms with Crippen LogP contribution in [0.2, 0.25) is 0 Å². The van der Waals surface area contributed by atoms with E-state index in [4.69, 9.17) is 5.26 Å². The number of halogens is 6. The Morgan fingerprint density at radius 2 is 1.45 bits per heavy atom. The fraction of sp³-hybridized carbons (Fsp3) is 0.167. The standard InChI is InChI=1S/C12H5F6NO/c13-11(14,15)10(12(16,17)18)5-9(20)8-3-1-7(6-19)2-4-8/h1-5H. The second-order valence-electron chi connectivity index (χ2n) is 3.61. The molecule has 0 N–H and O–H groups in total. The maximum Gasteiger partial charge on any atom is 0.421 e. The van der Waals surface area contributed by atoms with E-state index in [1.165, 1.54) is 0 Å². The van der Waals surface area contributed by atoms with Gasteiger partial charge in [0.25, 0.3) is 0 Å². The summed E-state index contributed by atoms with van der Waals surface area (Å²) < 4.78 is 73.4. The minimum absolute atomic E-state index is 0.123. The predicted octanol–water partition coefficient (Wildman–Crippen LogP) is 3.79. The van der Waals surface area contributed by atoms with Crippen LogP contribution in [-0.2, 0) is 0 Å². The summed E-state index contributed by atoms with van der Waals surface area (Å²) in [5.74, 6) is -1.45. The Balaban J connectivity index is 3.18. The molecule has 2 nitrogen and oxygen atoms in total. The van der Waals surface area contributed by atoms with Crippen molar-refractivity contribution in [3.63, 3.8) is 0 Å². The molecule has 1 rings (SSSR count). The van der Waals surface area contributed by atoms with Crippen LogP contribution in [0.5, 0.6) is 0 Å². The summed E-state index contributed by atoms with van der Waals surface area (Å²) in [4.78, 5) is 11.4. The number of rotatable bonds is 2. The van der Waals surface area contributed by atoms with E-state index in [1.807, 2.05) is 0 Å². The largest absolute Gasteiger partial charge is 0.421 e. The first-order chi connectivity index (χ1) is 9.05. The zero-order valence-electron chi connectivity index (χ0n) is 9.51. The minimum Gasteiger partial charge on any atom is -0.289 e. The van der Waals surface area contributed by atoms with Crippen molar-refractivity contribution in [2.24, 2.45) is 0 Å². The van der Waals surface area contributed by atoms with E-state index in [0.29, 0.717) is 0 Å². The molecule has 0 aliphatic rings. The first-order valence-electron chi connectivity index (χ1n) is 4.96. The van der Waals surface area contributed by atoms with E-state index in [2.05, 4.69) is 0 Å². The van der Waals surface area contributed by atoms with Gasteiger partial charge in [-0.05, 0) is 24.3 Å². The van der Waals surface area contributed by atoms with Crippen LogP contribution in [0.1, 0.15) is 15.9 Å². The molecule has 1 aromatic rings. The van der Waals surface area contributed by atoms with Crippen LogP contribution in [0.15, 0.2) is 35.9 Å². The Morgan fingerprint density at radius 3 is 1.80 bits per heavy atom. The lowest BCUT2D eigenvalue weighted by atomic mass is 10.1. The van der Waals surface area contributed by atoms with Crippen molar-refractivity contribution in [1.82, 2.24) is 0 Å². The maximum absolute atomic E-state index is 12.2. The van der Waals surface area contributed by atoms with E-state index < -0.39 is 29.8 Å². The average molecular weight is 293 g/mol. The fourth-order valence-corrected chi connectivity index (χ4v) is 1.25. The Bertz CT molecular complexity index is 558. The number of ketones is 1. The third-order valence-corrected chi connectivity index (χ3v) is 2.18. The molecule has 0 bridgehead atoms. The average Bonchev–Trinajstić information content (AvgIpc) is 2.33. The topological polar surface area (TPSA) is 40.9 Å². The van der Waals surface area contributed by atoms with E-state index in [-0.39, 0.29) is 11.1 Å². The molecule has 0 fully saturated rings. The third-order valence-electron chi connectivity index (χ3n) is 2.18. The van der Waals surface area contributed by atoms with E-state index in [0.717, 1.165) is 24.3 Å². The van der Waals surface area contributed by atoms with Gasteiger partial charge in [-0.3, -0.25) is 4.79 Å². The van der Waals surface area contributed by atoms with Gasteiger partial charge < -0.3 is 0 Å². The van der Waals surface area contributed by atoms with Gasteiger partial charge in [0.2, 0.25) is 0 Å². The van der Waals surface area contributed by atoms with Crippen molar-refractivity contribution in [3.8, 4) is 6.07 Å². The van der Waals surface area contributed by atoms with E-state index >= 15 is 0 Å². The summed E-state index contributed by atoms with van der Waals surface area (Å²) in [5.41, 5.74) is -3.13. The lowest BCUT2D eigenvalue weighted by Crippen LogP contribution is -2.27. The van der Waals surface area contributed by atoms with Crippen LogP contribution in [0.4, 0.5) is 26.3 Å². The number of alkyl halides is 6. The summed E-state index contributed by atoms with van der Waals surface area (Å²) in [6.07, 6.45) is -11.9. The van der Waals surface area contributed by atoms with Gasteiger partial charge in [0.15, 0.2) is 5.78 Å². The smallest absolute Gasteiger partial charge is 0.289 e. The molecule has 20 heavy (non-hydrogen) atoms. The van der Waals surface area contributed by atoms with Gasteiger partial charge in [0.1, 0.15) is 5.57 Å². The van der Waals surface area contributed by atoms with E-state index in [1.54, 1.807) is 6.07 Å². The summed E-state index contributed by atoms with van der Waals surface area (Å²) in [7, 11) is 0.